The molecule has 0 heterocycles. The normalized spacial score (nSPS) is 13.3. The van der Waals surface area contributed by atoms with E-state index in [4.69, 9.17) is 5.11 Å². The van der Waals surface area contributed by atoms with E-state index >= 15 is 0 Å². The molecular formula is C10H20N2O5S. The van der Waals surface area contributed by atoms with Crippen LogP contribution in [0.25, 0.3) is 0 Å². The van der Waals surface area contributed by atoms with Gasteiger partial charge >= 0.3 is 5.97 Å². The third kappa shape index (κ3) is 8.02. The van der Waals surface area contributed by atoms with E-state index in [0.29, 0.717) is 0 Å². The molecule has 106 valence electrons. The van der Waals surface area contributed by atoms with E-state index in [1.165, 1.54) is 6.92 Å². The molecule has 3 N–H and O–H groups in total. The van der Waals surface area contributed by atoms with E-state index in [-0.39, 0.29) is 24.6 Å². The van der Waals surface area contributed by atoms with Crippen molar-refractivity contribution in [2.45, 2.75) is 45.7 Å². The van der Waals surface area contributed by atoms with Crippen LogP contribution >= 0.6 is 0 Å². The van der Waals surface area contributed by atoms with Gasteiger partial charge in [0.05, 0.1) is 11.8 Å². The molecule has 8 heteroatoms. The number of carboxylic acids is 1. The lowest BCUT2D eigenvalue weighted by molar-refractivity contribution is -0.137. The minimum absolute atomic E-state index is 0.0170. The number of aliphatic carboxylic acids is 1. The molecule has 0 aromatic rings. The molecule has 1 amide bonds. The Kier molecular flexibility index (Phi) is 6.85. The fourth-order valence-electron chi connectivity index (χ4n) is 1.20. The van der Waals surface area contributed by atoms with Gasteiger partial charge in [-0.25, -0.2) is 13.1 Å². The number of hydrogen-bond donors (Lipinski definition) is 3. The highest BCUT2D eigenvalue weighted by atomic mass is 32.2. The molecule has 0 rings (SSSR count). The van der Waals surface area contributed by atoms with Crippen LogP contribution < -0.4 is 10.0 Å². The first-order valence-corrected chi connectivity index (χ1v) is 7.31. The summed E-state index contributed by atoms with van der Waals surface area (Å²) in [5.41, 5.74) is 0. The lowest BCUT2D eigenvalue weighted by Crippen LogP contribution is -2.47. The third-order valence-corrected chi connectivity index (χ3v) is 3.52. The van der Waals surface area contributed by atoms with Gasteiger partial charge in [0.2, 0.25) is 15.9 Å². The van der Waals surface area contributed by atoms with Crippen LogP contribution in [0, 0.1) is 0 Å². The first-order chi connectivity index (χ1) is 8.14. The highest BCUT2D eigenvalue weighted by Gasteiger charge is 2.20. The van der Waals surface area contributed by atoms with Crippen LogP contribution in [0.5, 0.6) is 0 Å². The second-order valence-electron chi connectivity index (χ2n) is 4.32. The standard InChI is InChI=1S/C10H20N2O5S/c1-7(2)11-10(15)8(3)12-18(16,17)6-4-5-9(13)14/h7-8,12H,4-6H2,1-3H3,(H,11,15)(H,13,14). The quantitative estimate of drug-likeness (QED) is 0.564. The summed E-state index contributed by atoms with van der Waals surface area (Å²) in [5, 5.41) is 11.0. The first-order valence-electron chi connectivity index (χ1n) is 5.66. The molecule has 0 aliphatic carbocycles. The highest BCUT2D eigenvalue weighted by molar-refractivity contribution is 7.89. The highest BCUT2D eigenvalue weighted by Crippen LogP contribution is 1.97. The number of carboxylic acid groups (broad SMARTS) is 1. The van der Waals surface area contributed by atoms with Crippen LogP contribution in [0.2, 0.25) is 0 Å². The molecule has 0 bridgehead atoms. The van der Waals surface area contributed by atoms with Crippen molar-refractivity contribution < 1.29 is 23.1 Å². The number of nitrogens with one attached hydrogen (secondary N) is 2. The van der Waals surface area contributed by atoms with E-state index in [1.54, 1.807) is 13.8 Å². The van der Waals surface area contributed by atoms with Crippen LogP contribution in [0.15, 0.2) is 0 Å². The maximum absolute atomic E-state index is 11.5. The Bertz CT molecular complexity index is 391. The number of rotatable bonds is 8. The Labute approximate surface area is 107 Å². The molecule has 7 nitrogen and oxygen atoms in total. The molecule has 0 aromatic heterocycles. The van der Waals surface area contributed by atoms with Crippen molar-refractivity contribution in [2.24, 2.45) is 0 Å². The summed E-state index contributed by atoms with van der Waals surface area (Å²) >= 11 is 0. The van der Waals surface area contributed by atoms with Crippen molar-refractivity contribution in [1.29, 1.82) is 0 Å². The zero-order valence-electron chi connectivity index (χ0n) is 10.8. The number of amides is 1. The Morgan fingerprint density at radius 1 is 1.22 bits per heavy atom. The van der Waals surface area contributed by atoms with Gasteiger partial charge in [0, 0.05) is 12.5 Å². The van der Waals surface area contributed by atoms with E-state index in [9.17, 15) is 18.0 Å². The second-order valence-corrected chi connectivity index (χ2v) is 6.19. The number of carbonyl (C=O) groups excluding carboxylic acids is 1. The van der Waals surface area contributed by atoms with Gasteiger partial charge in [0.1, 0.15) is 0 Å². The average Bonchev–Trinajstić information content (AvgIpc) is 2.14. The number of hydrogen-bond acceptors (Lipinski definition) is 4. The Morgan fingerprint density at radius 2 is 1.78 bits per heavy atom. The number of carbonyl (C=O) groups is 2. The monoisotopic (exact) mass is 280 g/mol. The van der Waals surface area contributed by atoms with Crippen LogP contribution in [0.4, 0.5) is 0 Å². The molecule has 0 aromatic carbocycles. The molecule has 0 radical (unpaired) electrons. The fraction of sp³-hybridized carbons (Fsp3) is 0.800. The molecule has 0 saturated carbocycles. The van der Waals surface area contributed by atoms with Crippen molar-refractivity contribution in [3.05, 3.63) is 0 Å². The molecule has 18 heavy (non-hydrogen) atoms. The van der Waals surface area contributed by atoms with Gasteiger partial charge < -0.3 is 10.4 Å². The summed E-state index contributed by atoms with van der Waals surface area (Å²) in [4.78, 5) is 21.7. The zero-order chi connectivity index (χ0) is 14.3. The molecule has 1 atom stereocenters. The maximum Gasteiger partial charge on any atom is 0.303 e. The van der Waals surface area contributed by atoms with E-state index in [1.807, 2.05) is 0 Å². The molecule has 0 aliphatic rings. The smallest absolute Gasteiger partial charge is 0.303 e. The molecule has 0 saturated heterocycles. The summed E-state index contributed by atoms with van der Waals surface area (Å²) in [6, 6.07) is -0.946. The van der Waals surface area contributed by atoms with Gasteiger partial charge in [-0.1, -0.05) is 0 Å². The van der Waals surface area contributed by atoms with Crippen molar-refractivity contribution in [1.82, 2.24) is 10.0 Å². The summed E-state index contributed by atoms with van der Waals surface area (Å²) in [7, 11) is -3.63. The summed E-state index contributed by atoms with van der Waals surface area (Å²) < 4.78 is 25.3. The maximum atomic E-state index is 11.5. The minimum atomic E-state index is -3.63. The fourth-order valence-corrected chi connectivity index (χ4v) is 2.49. The summed E-state index contributed by atoms with van der Waals surface area (Å²) in [6.45, 7) is 4.98. The van der Waals surface area contributed by atoms with E-state index in [2.05, 4.69) is 10.0 Å². The van der Waals surface area contributed by atoms with E-state index in [0.717, 1.165) is 0 Å². The predicted octanol–water partition coefficient (Wildman–Crippen LogP) is -0.316. The Morgan fingerprint density at radius 3 is 2.22 bits per heavy atom. The van der Waals surface area contributed by atoms with E-state index < -0.39 is 27.9 Å². The molecule has 0 fully saturated rings. The lowest BCUT2D eigenvalue weighted by atomic mass is 10.3. The van der Waals surface area contributed by atoms with Crippen molar-refractivity contribution in [2.75, 3.05) is 5.75 Å². The van der Waals surface area contributed by atoms with Crippen LogP contribution in [0.1, 0.15) is 33.6 Å². The topological polar surface area (TPSA) is 113 Å². The third-order valence-electron chi connectivity index (χ3n) is 1.98. The van der Waals surface area contributed by atoms with Crippen LogP contribution in [-0.4, -0.2) is 43.2 Å². The SMILES string of the molecule is CC(C)NC(=O)C(C)NS(=O)(=O)CCCC(=O)O. The van der Waals surface area contributed by atoms with Gasteiger partial charge in [-0.05, 0) is 27.2 Å². The largest absolute Gasteiger partial charge is 0.481 e. The van der Waals surface area contributed by atoms with Crippen molar-refractivity contribution in [3.63, 3.8) is 0 Å². The molecular weight excluding hydrogens is 260 g/mol. The predicted molar refractivity (Wildman–Crippen MR) is 66.5 cm³/mol. The van der Waals surface area contributed by atoms with Gasteiger partial charge in [-0.3, -0.25) is 9.59 Å². The van der Waals surface area contributed by atoms with Crippen LogP contribution in [-0.2, 0) is 19.6 Å². The molecule has 0 aliphatic heterocycles. The zero-order valence-corrected chi connectivity index (χ0v) is 11.6. The Hall–Kier alpha value is -1.15. The second kappa shape index (κ2) is 7.32. The van der Waals surface area contributed by atoms with Crippen molar-refractivity contribution in [3.8, 4) is 0 Å². The Balaban J connectivity index is 4.23. The average molecular weight is 280 g/mol. The van der Waals surface area contributed by atoms with Gasteiger partial charge in [0.15, 0.2) is 0 Å². The van der Waals surface area contributed by atoms with Crippen LogP contribution in [0.3, 0.4) is 0 Å². The van der Waals surface area contributed by atoms with Gasteiger partial charge in [-0.2, -0.15) is 0 Å². The molecule has 0 spiro atoms. The summed E-state index contributed by atoms with van der Waals surface area (Å²) in [5.74, 6) is -1.76. The van der Waals surface area contributed by atoms with Crippen molar-refractivity contribution >= 4 is 21.9 Å². The minimum Gasteiger partial charge on any atom is -0.481 e. The molecule has 1 unspecified atom stereocenters. The van der Waals surface area contributed by atoms with Gasteiger partial charge in [-0.15, -0.1) is 0 Å². The first kappa shape index (κ1) is 16.9. The lowest BCUT2D eigenvalue weighted by Gasteiger charge is -2.15. The summed E-state index contributed by atoms with van der Waals surface area (Å²) in [6.07, 6.45) is -0.198. The number of sulfonamides is 1. The van der Waals surface area contributed by atoms with Gasteiger partial charge in [0.25, 0.3) is 0 Å².